The largest absolute Gasteiger partial charge is 0.494 e. The van der Waals surface area contributed by atoms with Crippen molar-refractivity contribution >= 4 is 33.3 Å². The summed E-state index contributed by atoms with van der Waals surface area (Å²) in [5.41, 5.74) is 2.17. The lowest BCUT2D eigenvalue weighted by Crippen LogP contribution is -2.22. The van der Waals surface area contributed by atoms with Crippen molar-refractivity contribution in [1.29, 1.82) is 0 Å². The van der Waals surface area contributed by atoms with Crippen molar-refractivity contribution in [2.75, 3.05) is 11.9 Å². The summed E-state index contributed by atoms with van der Waals surface area (Å²) >= 11 is 1.35. The van der Waals surface area contributed by atoms with E-state index in [0.29, 0.717) is 22.6 Å². The molecule has 8 heteroatoms. The molecule has 4 aromatic rings. The topological polar surface area (TPSA) is 86.1 Å². The van der Waals surface area contributed by atoms with E-state index >= 15 is 0 Å². The molecule has 0 aliphatic carbocycles. The van der Waals surface area contributed by atoms with Crippen LogP contribution in [0, 0.1) is 0 Å². The monoisotopic (exact) mass is 406 g/mol. The fourth-order valence-corrected chi connectivity index (χ4v) is 3.67. The third kappa shape index (κ3) is 4.17. The van der Waals surface area contributed by atoms with E-state index in [2.05, 4.69) is 15.4 Å². The third-order valence-electron chi connectivity index (χ3n) is 4.27. The van der Waals surface area contributed by atoms with E-state index in [4.69, 9.17) is 4.74 Å². The number of para-hydroxylation sites is 1. The van der Waals surface area contributed by atoms with Gasteiger partial charge in [0.25, 0.3) is 0 Å². The van der Waals surface area contributed by atoms with Crippen molar-refractivity contribution in [2.45, 2.75) is 13.5 Å². The van der Waals surface area contributed by atoms with Crippen LogP contribution >= 0.6 is 11.3 Å². The number of ether oxygens (including phenoxy) is 1. The molecule has 0 spiro atoms. The number of rotatable bonds is 6. The number of nitrogens with zero attached hydrogens (tertiary/aromatic N) is 3. The zero-order valence-corrected chi connectivity index (χ0v) is 16.5. The van der Waals surface area contributed by atoms with Gasteiger partial charge in [-0.3, -0.25) is 14.3 Å². The van der Waals surface area contributed by atoms with Crippen molar-refractivity contribution < 1.29 is 9.53 Å². The van der Waals surface area contributed by atoms with Gasteiger partial charge in [-0.2, -0.15) is 5.10 Å². The molecule has 1 N–H and O–H groups in total. The SMILES string of the molecule is CCOc1ccc(-c2csc(NC(=O)Cn3ncc(=O)c4ccccc43)n2)cc1. The quantitative estimate of drug-likeness (QED) is 0.529. The first kappa shape index (κ1) is 18.8. The molecule has 7 nitrogen and oxygen atoms in total. The molecule has 0 saturated carbocycles. The van der Waals surface area contributed by atoms with Crippen LogP contribution in [0.25, 0.3) is 22.2 Å². The van der Waals surface area contributed by atoms with Crippen molar-refractivity contribution in [3.05, 3.63) is 70.3 Å². The first-order valence-corrected chi connectivity index (χ1v) is 9.95. The Morgan fingerprint density at radius 1 is 1.17 bits per heavy atom. The van der Waals surface area contributed by atoms with Crippen LogP contribution in [-0.2, 0) is 11.3 Å². The van der Waals surface area contributed by atoms with E-state index in [9.17, 15) is 9.59 Å². The molecule has 0 bridgehead atoms. The minimum Gasteiger partial charge on any atom is -0.494 e. The van der Waals surface area contributed by atoms with Crippen LogP contribution in [0.3, 0.4) is 0 Å². The molecular weight excluding hydrogens is 388 g/mol. The number of thiazole rings is 1. The van der Waals surface area contributed by atoms with Gasteiger partial charge in [0.15, 0.2) is 5.13 Å². The molecular formula is C21H18N4O3S. The second-order valence-electron chi connectivity index (χ2n) is 6.23. The Morgan fingerprint density at radius 3 is 2.76 bits per heavy atom. The summed E-state index contributed by atoms with van der Waals surface area (Å²) < 4.78 is 6.95. The molecule has 0 fully saturated rings. The number of anilines is 1. The Labute approximate surface area is 170 Å². The fraction of sp³-hybridized carbons (Fsp3) is 0.143. The minimum absolute atomic E-state index is 0.0151. The van der Waals surface area contributed by atoms with Gasteiger partial charge < -0.3 is 10.1 Å². The Balaban J connectivity index is 1.47. The number of carbonyl (C=O) groups excluding carboxylic acids is 1. The minimum atomic E-state index is -0.265. The van der Waals surface area contributed by atoms with Crippen LogP contribution in [0.2, 0.25) is 0 Å². The summed E-state index contributed by atoms with van der Waals surface area (Å²) in [6.07, 6.45) is 1.23. The van der Waals surface area contributed by atoms with Gasteiger partial charge >= 0.3 is 0 Å². The summed E-state index contributed by atoms with van der Waals surface area (Å²) in [5.74, 6) is 0.541. The summed E-state index contributed by atoms with van der Waals surface area (Å²) in [4.78, 5) is 28.9. The molecule has 29 heavy (non-hydrogen) atoms. The summed E-state index contributed by atoms with van der Waals surface area (Å²) in [5, 5.41) is 9.80. The molecule has 0 unspecified atom stereocenters. The molecule has 0 aliphatic rings. The molecule has 2 heterocycles. The first-order chi connectivity index (χ1) is 14.1. The highest BCUT2D eigenvalue weighted by Crippen LogP contribution is 2.26. The zero-order chi connectivity index (χ0) is 20.2. The molecule has 4 rings (SSSR count). The van der Waals surface area contributed by atoms with E-state index in [1.807, 2.05) is 42.6 Å². The molecule has 0 saturated heterocycles. The first-order valence-electron chi connectivity index (χ1n) is 9.07. The van der Waals surface area contributed by atoms with Gasteiger partial charge in [0.1, 0.15) is 12.3 Å². The second kappa shape index (κ2) is 8.24. The van der Waals surface area contributed by atoms with E-state index in [-0.39, 0.29) is 17.9 Å². The molecule has 2 aromatic carbocycles. The second-order valence-corrected chi connectivity index (χ2v) is 7.09. The van der Waals surface area contributed by atoms with Crippen molar-refractivity contribution in [3.63, 3.8) is 0 Å². The molecule has 0 atom stereocenters. The van der Waals surface area contributed by atoms with Gasteiger partial charge in [-0.15, -0.1) is 11.3 Å². The maximum Gasteiger partial charge on any atom is 0.247 e. The Hall–Kier alpha value is -3.52. The van der Waals surface area contributed by atoms with E-state index in [1.54, 1.807) is 18.2 Å². The molecule has 0 radical (unpaired) electrons. The van der Waals surface area contributed by atoms with E-state index in [0.717, 1.165) is 17.0 Å². The Morgan fingerprint density at radius 2 is 1.97 bits per heavy atom. The Kier molecular flexibility index (Phi) is 5.35. The molecule has 1 amide bonds. The van der Waals surface area contributed by atoms with Gasteiger partial charge in [-0.25, -0.2) is 4.98 Å². The smallest absolute Gasteiger partial charge is 0.247 e. The van der Waals surface area contributed by atoms with Crippen LogP contribution < -0.4 is 15.5 Å². The normalized spacial score (nSPS) is 10.8. The number of hydrogen-bond donors (Lipinski definition) is 1. The number of amides is 1. The van der Waals surface area contributed by atoms with Crippen LogP contribution in [-0.4, -0.2) is 27.3 Å². The lowest BCUT2D eigenvalue weighted by Gasteiger charge is -2.08. The van der Waals surface area contributed by atoms with E-state index in [1.165, 1.54) is 22.2 Å². The van der Waals surface area contributed by atoms with Crippen LogP contribution in [0.4, 0.5) is 5.13 Å². The third-order valence-corrected chi connectivity index (χ3v) is 5.02. The summed E-state index contributed by atoms with van der Waals surface area (Å²) in [6, 6.07) is 14.7. The lowest BCUT2D eigenvalue weighted by molar-refractivity contribution is -0.116. The summed E-state index contributed by atoms with van der Waals surface area (Å²) in [6.45, 7) is 2.54. The number of hydrogen-bond acceptors (Lipinski definition) is 6. The number of benzene rings is 2. The highest BCUT2D eigenvalue weighted by molar-refractivity contribution is 7.14. The van der Waals surface area contributed by atoms with Gasteiger partial charge in [-0.1, -0.05) is 12.1 Å². The van der Waals surface area contributed by atoms with Crippen molar-refractivity contribution in [2.24, 2.45) is 0 Å². The Bertz CT molecular complexity index is 1210. The average molecular weight is 406 g/mol. The number of fused-ring (bicyclic) bond motifs is 1. The predicted molar refractivity (Wildman–Crippen MR) is 113 cm³/mol. The number of nitrogens with one attached hydrogen (secondary N) is 1. The maximum absolute atomic E-state index is 12.5. The fourth-order valence-electron chi connectivity index (χ4n) is 2.93. The highest BCUT2D eigenvalue weighted by Gasteiger charge is 2.11. The van der Waals surface area contributed by atoms with E-state index < -0.39 is 0 Å². The van der Waals surface area contributed by atoms with Gasteiger partial charge in [-0.05, 0) is 43.3 Å². The van der Waals surface area contributed by atoms with Crippen molar-refractivity contribution in [3.8, 4) is 17.0 Å². The van der Waals surface area contributed by atoms with Crippen molar-refractivity contribution in [1.82, 2.24) is 14.8 Å². The van der Waals surface area contributed by atoms with Crippen LogP contribution in [0.5, 0.6) is 5.75 Å². The van der Waals surface area contributed by atoms with Gasteiger partial charge in [0, 0.05) is 16.3 Å². The van der Waals surface area contributed by atoms with Crippen LogP contribution in [0.1, 0.15) is 6.92 Å². The predicted octanol–water partition coefficient (Wildman–Crippen LogP) is 3.56. The number of carbonyl (C=O) groups is 1. The van der Waals surface area contributed by atoms with Gasteiger partial charge in [0.05, 0.1) is 24.0 Å². The highest BCUT2D eigenvalue weighted by atomic mass is 32.1. The van der Waals surface area contributed by atoms with Gasteiger partial charge in [0.2, 0.25) is 11.3 Å². The number of aromatic nitrogens is 3. The maximum atomic E-state index is 12.5. The molecule has 146 valence electrons. The zero-order valence-electron chi connectivity index (χ0n) is 15.7. The molecule has 0 aliphatic heterocycles. The summed E-state index contributed by atoms with van der Waals surface area (Å²) in [7, 11) is 0. The standard InChI is InChI=1S/C21H18N4O3S/c1-2-28-15-9-7-14(8-10-15)17-13-29-21(23-17)24-20(27)12-25-18-6-4-3-5-16(18)19(26)11-22-25/h3-11,13H,2,12H2,1H3,(H,23,24,27). The average Bonchev–Trinajstić information content (AvgIpc) is 3.19. The molecule has 2 aromatic heterocycles. The lowest BCUT2D eigenvalue weighted by atomic mass is 10.2. The van der Waals surface area contributed by atoms with Crippen LogP contribution in [0.15, 0.2) is 64.9 Å².